The number of benzene rings is 1. The Kier molecular flexibility index (Phi) is 7.25. The fraction of sp³-hybridized carbons (Fsp3) is 0.619. The van der Waals surface area contributed by atoms with E-state index < -0.39 is 0 Å². The van der Waals surface area contributed by atoms with Crippen molar-refractivity contribution in [1.29, 1.82) is 0 Å². The van der Waals surface area contributed by atoms with E-state index >= 15 is 0 Å². The highest BCUT2D eigenvalue weighted by Crippen LogP contribution is 2.28. The van der Waals surface area contributed by atoms with Crippen molar-refractivity contribution in [2.24, 2.45) is 5.92 Å². The first-order valence-corrected chi connectivity index (χ1v) is 11.0. The summed E-state index contributed by atoms with van der Waals surface area (Å²) in [5.41, 5.74) is 0.757. The van der Waals surface area contributed by atoms with Gasteiger partial charge in [-0.3, -0.25) is 14.3 Å². The number of nitrogens with zero attached hydrogens (tertiary/aromatic N) is 4. The summed E-state index contributed by atoms with van der Waals surface area (Å²) < 4.78 is 2.62. The highest BCUT2D eigenvalue weighted by atomic mass is 79.9. The minimum atomic E-state index is 0.0155. The van der Waals surface area contributed by atoms with E-state index in [-0.39, 0.29) is 24.1 Å². The predicted octanol–water partition coefficient (Wildman–Crippen LogP) is 2.88. The summed E-state index contributed by atoms with van der Waals surface area (Å²) in [6.07, 6.45) is 1.95. The van der Waals surface area contributed by atoms with Crippen LogP contribution in [0, 0.1) is 5.92 Å². The molecule has 1 saturated heterocycles. The second-order valence-electron chi connectivity index (χ2n) is 7.76. The van der Waals surface area contributed by atoms with Gasteiger partial charge in [0.2, 0.25) is 0 Å². The molecule has 0 aliphatic carbocycles. The van der Waals surface area contributed by atoms with Gasteiger partial charge in [-0.1, -0.05) is 19.4 Å². The van der Waals surface area contributed by atoms with Crippen molar-refractivity contribution in [3.8, 4) is 0 Å². The maximum absolute atomic E-state index is 13.3. The first-order chi connectivity index (χ1) is 13.5. The Bertz CT molecular complexity index is 869. The van der Waals surface area contributed by atoms with Crippen LogP contribution < -0.4 is 5.56 Å². The molecule has 0 radical (unpaired) electrons. The van der Waals surface area contributed by atoms with Crippen LogP contribution in [0.3, 0.4) is 0 Å². The van der Waals surface area contributed by atoms with Crippen molar-refractivity contribution in [3.63, 3.8) is 0 Å². The van der Waals surface area contributed by atoms with Crippen LogP contribution in [-0.4, -0.2) is 64.3 Å². The lowest BCUT2D eigenvalue weighted by atomic mass is 10.1. The van der Waals surface area contributed by atoms with E-state index in [1.54, 1.807) is 0 Å². The molecule has 3 rings (SSSR count). The monoisotopic (exact) mass is 450 g/mol. The number of aliphatic hydroxyl groups excluding tert-OH is 1. The molecule has 2 atom stereocenters. The lowest BCUT2D eigenvalue weighted by molar-refractivity contribution is 0.133. The van der Waals surface area contributed by atoms with Crippen LogP contribution in [-0.2, 0) is 6.54 Å². The van der Waals surface area contributed by atoms with Gasteiger partial charge in [-0.25, -0.2) is 4.98 Å². The van der Waals surface area contributed by atoms with Gasteiger partial charge < -0.3 is 10.0 Å². The zero-order valence-corrected chi connectivity index (χ0v) is 18.7. The predicted molar refractivity (Wildman–Crippen MR) is 117 cm³/mol. The SMILES string of the molecule is CCC[C@H](c1nc2cccc(Br)c2c(=O)n1CC)N1CCN(C)C[C@H](CO)C1. The first kappa shape index (κ1) is 21.4. The van der Waals surface area contributed by atoms with Crippen molar-refractivity contribution >= 4 is 26.8 Å². The molecule has 1 N–H and O–H groups in total. The molecule has 2 heterocycles. The Hall–Kier alpha value is -1.28. The second kappa shape index (κ2) is 9.48. The Morgan fingerprint density at radius 3 is 2.75 bits per heavy atom. The average Bonchev–Trinajstić information content (AvgIpc) is 2.87. The number of hydrogen-bond acceptors (Lipinski definition) is 5. The van der Waals surface area contributed by atoms with E-state index in [2.05, 4.69) is 39.7 Å². The van der Waals surface area contributed by atoms with Crippen LogP contribution in [0.25, 0.3) is 10.9 Å². The van der Waals surface area contributed by atoms with Gasteiger partial charge in [0.05, 0.1) is 16.9 Å². The molecular weight excluding hydrogens is 420 g/mol. The van der Waals surface area contributed by atoms with Gasteiger partial charge in [0.15, 0.2) is 0 Å². The third kappa shape index (κ3) is 4.32. The summed E-state index contributed by atoms with van der Waals surface area (Å²) in [5, 5.41) is 10.5. The van der Waals surface area contributed by atoms with Gasteiger partial charge >= 0.3 is 0 Å². The second-order valence-corrected chi connectivity index (χ2v) is 8.62. The summed E-state index contributed by atoms with van der Waals surface area (Å²) in [5.74, 6) is 1.06. The average molecular weight is 451 g/mol. The fourth-order valence-corrected chi connectivity index (χ4v) is 4.78. The number of fused-ring (bicyclic) bond motifs is 1. The molecule has 0 saturated carbocycles. The molecule has 1 aliphatic heterocycles. The van der Waals surface area contributed by atoms with Crippen LogP contribution in [0.1, 0.15) is 38.6 Å². The number of aromatic nitrogens is 2. The maximum atomic E-state index is 13.3. The molecule has 7 heteroatoms. The van der Waals surface area contributed by atoms with Gasteiger partial charge in [0.1, 0.15) is 5.82 Å². The molecule has 1 fully saturated rings. The molecule has 0 spiro atoms. The van der Waals surface area contributed by atoms with E-state index in [1.807, 2.05) is 29.7 Å². The maximum Gasteiger partial charge on any atom is 0.262 e. The van der Waals surface area contributed by atoms with Gasteiger partial charge in [0.25, 0.3) is 5.56 Å². The molecule has 0 amide bonds. The van der Waals surface area contributed by atoms with Crippen molar-refractivity contribution in [3.05, 3.63) is 38.9 Å². The third-order valence-corrected chi connectivity index (χ3v) is 6.33. The quantitative estimate of drug-likeness (QED) is 0.732. The van der Waals surface area contributed by atoms with Gasteiger partial charge in [-0.2, -0.15) is 0 Å². The Balaban J connectivity index is 2.11. The summed E-state index contributed by atoms with van der Waals surface area (Å²) >= 11 is 3.52. The van der Waals surface area contributed by atoms with E-state index in [9.17, 15) is 9.90 Å². The lowest BCUT2D eigenvalue weighted by Crippen LogP contribution is -2.38. The van der Waals surface area contributed by atoms with Gasteiger partial charge in [0, 0.05) is 49.7 Å². The van der Waals surface area contributed by atoms with E-state index in [0.717, 1.165) is 54.8 Å². The van der Waals surface area contributed by atoms with Crippen LogP contribution in [0.4, 0.5) is 0 Å². The van der Waals surface area contributed by atoms with Crippen LogP contribution in [0.2, 0.25) is 0 Å². The Morgan fingerprint density at radius 2 is 2.07 bits per heavy atom. The van der Waals surface area contributed by atoms with Crippen LogP contribution in [0.15, 0.2) is 27.5 Å². The molecule has 2 aromatic rings. The van der Waals surface area contributed by atoms with Crippen molar-refractivity contribution in [2.45, 2.75) is 39.3 Å². The minimum Gasteiger partial charge on any atom is -0.396 e. The lowest BCUT2D eigenvalue weighted by Gasteiger charge is -2.33. The zero-order chi connectivity index (χ0) is 20.3. The van der Waals surface area contributed by atoms with Crippen LogP contribution in [0.5, 0.6) is 0 Å². The summed E-state index contributed by atoms with van der Waals surface area (Å²) in [6, 6.07) is 5.81. The molecule has 154 valence electrons. The highest BCUT2D eigenvalue weighted by Gasteiger charge is 2.29. The van der Waals surface area contributed by atoms with Crippen molar-refractivity contribution in [1.82, 2.24) is 19.4 Å². The number of halogens is 1. The van der Waals surface area contributed by atoms with Crippen molar-refractivity contribution in [2.75, 3.05) is 39.8 Å². The normalized spacial score (nSPS) is 20.4. The molecule has 28 heavy (non-hydrogen) atoms. The zero-order valence-electron chi connectivity index (χ0n) is 17.1. The number of hydrogen-bond donors (Lipinski definition) is 1. The number of aliphatic hydroxyl groups is 1. The minimum absolute atomic E-state index is 0.0155. The Morgan fingerprint density at radius 1 is 1.29 bits per heavy atom. The van der Waals surface area contributed by atoms with Gasteiger partial charge in [-0.05, 0) is 48.5 Å². The number of rotatable bonds is 6. The smallest absolute Gasteiger partial charge is 0.262 e. The summed E-state index contributed by atoms with van der Waals surface area (Å²) in [4.78, 5) is 22.9. The molecule has 1 aromatic carbocycles. The fourth-order valence-electron chi connectivity index (χ4n) is 4.26. The van der Waals surface area contributed by atoms with Gasteiger partial charge in [-0.15, -0.1) is 0 Å². The standard InChI is InChI=1S/C21H31BrN4O2/c1-4-7-18(25-11-10-24(3)12-15(13-25)14-27)20-23-17-9-6-8-16(22)19(17)21(28)26(20)5-2/h6,8-9,15,18,27H,4-5,7,10-14H2,1-3H3/t15-,18+/m0/s1. The first-order valence-electron chi connectivity index (χ1n) is 10.2. The molecule has 0 unspecified atom stereocenters. The van der Waals surface area contributed by atoms with E-state index in [1.165, 1.54) is 0 Å². The molecule has 6 nitrogen and oxygen atoms in total. The van der Waals surface area contributed by atoms with Crippen molar-refractivity contribution < 1.29 is 5.11 Å². The number of likely N-dealkylation sites (N-methyl/N-ethyl adjacent to an activating group) is 1. The topological polar surface area (TPSA) is 61.6 Å². The van der Waals surface area contributed by atoms with E-state index in [4.69, 9.17) is 4.98 Å². The molecular formula is C21H31BrN4O2. The summed E-state index contributed by atoms with van der Waals surface area (Å²) in [7, 11) is 2.11. The van der Waals surface area contributed by atoms with E-state index in [0.29, 0.717) is 11.9 Å². The molecule has 1 aliphatic rings. The third-order valence-electron chi connectivity index (χ3n) is 5.67. The van der Waals surface area contributed by atoms with Crippen LogP contribution >= 0.6 is 15.9 Å². The summed E-state index contributed by atoms with van der Waals surface area (Å²) in [6.45, 7) is 8.53. The molecule has 1 aromatic heterocycles. The molecule has 0 bridgehead atoms. The highest BCUT2D eigenvalue weighted by molar-refractivity contribution is 9.10. The largest absolute Gasteiger partial charge is 0.396 e. The Labute approximate surface area is 175 Å².